The number of para-hydroxylation sites is 1. The Hall–Kier alpha value is -2.89. The normalized spacial score (nSPS) is 15.1. The number of rotatable bonds is 3. The van der Waals surface area contributed by atoms with Gasteiger partial charge in [-0.2, -0.15) is 0 Å². The molecule has 1 saturated heterocycles. The van der Waals surface area contributed by atoms with Crippen molar-refractivity contribution in [2.24, 2.45) is 0 Å². The molecule has 1 heterocycles. The van der Waals surface area contributed by atoms with Crippen molar-refractivity contribution in [3.63, 3.8) is 0 Å². The summed E-state index contributed by atoms with van der Waals surface area (Å²) in [5, 5.41) is 3.99. The molecule has 1 aliphatic rings. The molecule has 1 aromatic carbocycles. The topological polar surface area (TPSA) is 84.5 Å². The summed E-state index contributed by atoms with van der Waals surface area (Å²) >= 11 is 0. The van der Waals surface area contributed by atoms with Gasteiger partial charge in [-0.05, 0) is 12.1 Å². The molecule has 6 nitrogen and oxygen atoms in total. The summed E-state index contributed by atoms with van der Waals surface area (Å²) in [6, 6.07) is 6.49. The molecule has 2 rings (SSSR count). The first-order chi connectivity index (χ1) is 9.61. The first-order valence-electron chi connectivity index (χ1n) is 5.80. The lowest BCUT2D eigenvalue weighted by molar-refractivity contribution is -0.124. The van der Waals surface area contributed by atoms with E-state index < -0.39 is 17.8 Å². The molecule has 1 aliphatic heterocycles. The molecular weight excluding hydrogens is 260 g/mol. The molecule has 0 radical (unpaired) electrons. The maximum atomic E-state index is 11.5. The van der Waals surface area contributed by atoms with Gasteiger partial charge in [-0.25, -0.2) is 4.79 Å². The van der Waals surface area contributed by atoms with Crippen LogP contribution in [0.25, 0.3) is 6.08 Å². The predicted molar refractivity (Wildman–Crippen MR) is 71.8 cm³/mol. The van der Waals surface area contributed by atoms with Crippen LogP contribution in [-0.2, 0) is 9.59 Å². The highest BCUT2D eigenvalue weighted by molar-refractivity contribution is 6.29. The number of hydrogen-bond donors (Lipinski definition) is 2. The second-order valence-electron chi connectivity index (χ2n) is 3.92. The Kier molecular flexibility index (Phi) is 3.95. The van der Waals surface area contributed by atoms with Crippen molar-refractivity contribution in [3.8, 4) is 5.75 Å². The van der Waals surface area contributed by atoms with Crippen molar-refractivity contribution in [1.82, 2.24) is 10.6 Å². The number of urea groups is 1. The third-order valence-electron chi connectivity index (χ3n) is 2.62. The summed E-state index contributed by atoms with van der Waals surface area (Å²) < 4.78 is 5.17. The number of nitrogens with one attached hydrogen (secondary N) is 2. The lowest BCUT2D eigenvalue weighted by Gasteiger charge is -2.13. The molecule has 0 unspecified atom stereocenters. The van der Waals surface area contributed by atoms with Crippen molar-refractivity contribution < 1.29 is 19.1 Å². The molecule has 102 valence electrons. The van der Waals surface area contributed by atoms with Crippen LogP contribution in [0.15, 0.2) is 42.0 Å². The molecule has 0 aromatic heterocycles. The van der Waals surface area contributed by atoms with Crippen LogP contribution in [0.4, 0.5) is 4.79 Å². The van der Waals surface area contributed by atoms with E-state index in [1.165, 1.54) is 6.08 Å². The SMILES string of the molecule is COc1ccccc1C=CC=C1C(=O)NC(=O)NC1=O. The van der Waals surface area contributed by atoms with Gasteiger partial charge in [-0.1, -0.05) is 30.4 Å². The van der Waals surface area contributed by atoms with Crippen LogP contribution in [0, 0.1) is 0 Å². The van der Waals surface area contributed by atoms with Crippen molar-refractivity contribution in [1.29, 1.82) is 0 Å². The Labute approximate surface area is 115 Å². The van der Waals surface area contributed by atoms with Crippen molar-refractivity contribution in [2.75, 3.05) is 7.11 Å². The molecule has 4 amide bonds. The summed E-state index contributed by atoms with van der Waals surface area (Å²) in [7, 11) is 1.55. The fourth-order valence-corrected chi connectivity index (χ4v) is 1.68. The van der Waals surface area contributed by atoms with Gasteiger partial charge in [0.25, 0.3) is 11.8 Å². The molecule has 2 N–H and O–H groups in total. The van der Waals surface area contributed by atoms with E-state index in [2.05, 4.69) is 0 Å². The minimum absolute atomic E-state index is 0.129. The van der Waals surface area contributed by atoms with E-state index in [1.807, 2.05) is 28.8 Å². The second-order valence-corrected chi connectivity index (χ2v) is 3.92. The summed E-state index contributed by atoms with van der Waals surface area (Å²) in [5.41, 5.74) is 0.676. The van der Waals surface area contributed by atoms with Gasteiger partial charge in [-0.15, -0.1) is 0 Å². The number of benzene rings is 1. The highest BCUT2D eigenvalue weighted by Crippen LogP contribution is 2.18. The lowest BCUT2D eigenvalue weighted by atomic mass is 10.1. The van der Waals surface area contributed by atoms with Gasteiger partial charge in [-0.3, -0.25) is 20.2 Å². The minimum Gasteiger partial charge on any atom is -0.496 e. The predicted octanol–water partition coefficient (Wildman–Crippen LogP) is 1.00. The molecule has 0 atom stereocenters. The molecule has 0 bridgehead atoms. The first kappa shape index (κ1) is 13.5. The van der Waals surface area contributed by atoms with Crippen molar-refractivity contribution in [2.45, 2.75) is 0 Å². The van der Waals surface area contributed by atoms with Crippen LogP contribution in [0.3, 0.4) is 0 Å². The molecule has 0 aliphatic carbocycles. The zero-order valence-corrected chi connectivity index (χ0v) is 10.7. The van der Waals surface area contributed by atoms with Gasteiger partial charge < -0.3 is 4.74 Å². The lowest BCUT2D eigenvalue weighted by Crippen LogP contribution is -2.51. The average Bonchev–Trinajstić information content (AvgIpc) is 2.42. The van der Waals surface area contributed by atoms with Gasteiger partial charge in [0.1, 0.15) is 11.3 Å². The van der Waals surface area contributed by atoms with Crippen LogP contribution in [0.5, 0.6) is 5.75 Å². The maximum absolute atomic E-state index is 11.5. The fourth-order valence-electron chi connectivity index (χ4n) is 1.68. The Morgan fingerprint density at radius 1 is 1.05 bits per heavy atom. The van der Waals surface area contributed by atoms with Crippen LogP contribution in [0.1, 0.15) is 5.56 Å². The van der Waals surface area contributed by atoms with Crippen LogP contribution >= 0.6 is 0 Å². The molecule has 1 aromatic rings. The smallest absolute Gasteiger partial charge is 0.328 e. The molecule has 0 saturated carbocycles. The Morgan fingerprint density at radius 2 is 1.70 bits per heavy atom. The third-order valence-corrected chi connectivity index (χ3v) is 2.62. The zero-order chi connectivity index (χ0) is 14.5. The highest BCUT2D eigenvalue weighted by Gasteiger charge is 2.26. The molecule has 0 spiro atoms. The molecular formula is C14H12N2O4. The summed E-state index contributed by atoms with van der Waals surface area (Å²) in [6.45, 7) is 0. The van der Waals surface area contributed by atoms with E-state index in [-0.39, 0.29) is 5.57 Å². The average molecular weight is 272 g/mol. The van der Waals surface area contributed by atoms with Gasteiger partial charge in [0.05, 0.1) is 7.11 Å². The number of allylic oxidation sites excluding steroid dienone is 2. The fraction of sp³-hybridized carbons (Fsp3) is 0.0714. The Balaban J connectivity index is 2.20. The number of carbonyl (C=O) groups is 3. The van der Waals surface area contributed by atoms with Crippen LogP contribution in [-0.4, -0.2) is 25.0 Å². The largest absolute Gasteiger partial charge is 0.496 e. The van der Waals surface area contributed by atoms with Crippen molar-refractivity contribution in [3.05, 3.63) is 47.6 Å². The summed E-state index contributed by atoms with van der Waals surface area (Å²) in [5.74, 6) is -0.762. The van der Waals surface area contributed by atoms with E-state index >= 15 is 0 Å². The maximum Gasteiger partial charge on any atom is 0.328 e. The van der Waals surface area contributed by atoms with Crippen LogP contribution < -0.4 is 15.4 Å². The monoisotopic (exact) mass is 272 g/mol. The number of imide groups is 2. The molecule has 1 fully saturated rings. The minimum atomic E-state index is -0.814. The first-order valence-corrected chi connectivity index (χ1v) is 5.80. The standard InChI is InChI=1S/C14H12N2O4/c1-20-11-8-3-2-5-9(11)6-4-7-10-12(17)15-14(19)16-13(10)18/h2-8H,1H3,(H2,15,16,17,18,19). The second kappa shape index (κ2) is 5.83. The van der Waals surface area contributed by atoms with Gasteiger partial charge >= 0.3 is 6.03 Å². The van der Waals surface area contributed by atoms with E-state index in [9.17, 15) is 14.4 Å². The van der Waals surface area contributed by atoms with Gasteiger partial charge in [0, 0.05) is 5.56 Å². The van der Waals surface area contributed by atoms with E-state index in [1.54, 1.807) is 25.3 Å². The number of barbiturate groups is 1. The number of hydrogen-bond acceptors (Lipinski definition) is 4. The highest BCUT2D eigenvalue weighted by atomic mass is 16.5. The summed E-state index contributed by atoms with van der Waals surface area (Å²) in [6.07, 6.45) is 4.58. The number of methoxy groups -OCH3 is 1. The summed E-state index contributed by atoms with van der Waals surface area (Å²) in [4.78, 5) is 33.8. The van der Waals surface area contributed by atoms with E-state index in [4.69, 9.17) is 4.74 Å². The van der Waals surface area contributed by atoms with Gasteiger partial charge in [0.15, 0.2) is 0 Å². The molecule has 20 heavy (non-hydrogen) atoms. The number of ether oxygens (including phenoxy) is 1. The number of carbonyl (C=O) groups excluding carboxylic acids is 3. The van der Waals surface area contributed by atoms with E-state index in [0.717, 1.165) is 5.56 Å². The van der Waals surface area contributed by atoms with E-state index in [0.29, 0.717) is 5.75 Å². The molecule has 6 heteroatoms. The van der Waals surface area contributed by atoms with Gasteiger partial charge in [0.2, 0.25) is 0 Å². The number of amides is 4. The zero-order valence-electron chi connectivity index (χ0n) is 10.7. The Morgan fingerprint density at radius 3 is 2.35 bits per heavy atom. The quantitative estimate of drug-likeness (QED) is 0.635. The van der Waals surface area contributed by atoms with Crippen molar-refractivity contribution >= 4 is 23.9 Å². The third kappa shape index (κ3) is 2.92. The Bertz CT molecular complexity index is 610. The van der Waals surface area contributed by atoms with Crippen LogP contribution in [0.2, 0.25) is 0 Å².